The zero-order chi connectivity index (χ0) is 12.1. The molecule has 88 valence electrons. The highest BCUT2D eigenvalue weighted by molar-refractivity contribution is 5.72. The Balaban J connectivity index is 2.84. The first-order chi connectivity index (χ1) is 7.58. The Labute approximate surface area is 96.1 Å². The maximum Gasteiger partial charge on any atom is 0.308 e. The Morgan fingerprint density at radius 1 is 1.44 bits per heavy atom. The van der Waals surface area contributed by atoms with Crippen LogP contribution in [0.25, 0.3) is 0 Å². The van der Waals surface area contributed by atoms with Crippen LogP contribution in [-0.4, -0.2) is 18.2 Å². The van der Waals surface area contributed by atoms with Crippen LogP contribution in [-0.2, 0) is 22.4 Å². The second kappa shape index (κ2) is 5.54. The number of carbonyl (C=O) groups is 1. The van der Waals surface area contributed by atoms with Gasteiger partial charge in [-0.15, -0.1) is 0 Å². The number of phenols is 1. The summed E-state index contributed by atoms with van der Waals surface area (Å²) in [4.78, 5) is 11.3. The number of aryl methyl sites for hydroxylation is 1. The lowest BCUT2D eigenvalue weighted by Gasteiger charge is -2.12. The number of hydrogen-bond donors (Lipinski definition) is 1. The fourth-order valence-electron chi connectivity index (χ4n) is 1.75. The summed E-state index contributed by atoms with van der Waals surface area (Å²) >= 11 is 0. The third kappa shape index (κ3) is 2.99. The van der Waals surface area contributed by atoms with E-state index in [1.165, 1.54) is 7.11 Å². The van der Waals surface area contributed by atoms with Crippen LogP contribution in [0.15, 0.2) is 18.2 Å². The van der Waals surface area contributed by atoms with Gasteiger partial charge in [0.25, 0.3) is 0 Å². The van der Waals surface area contributed by atoms with Crippen molar-refractivity contribution in [2.24, 2.45) is 5.92 Å². The number of ether oxygens (including phenoxy) is 1. The molecule has 1 rings (SSSR count). The molecule has 16 heavy (non-hydrogen) atoms. The lowest BCUT2D eigenvalue weighted by atomic mass is 9.95. The number of rotatable bonds is 4. The summed E-state index contributed by atoms with van der Waals surface area (Å²) in [6, 6.07) is 5.27. The number of esters is 1. The third-order valence-electron chi connectivity index (χ3n) is 2.70. The van der Waals surface area contributed by atoms with Crippen molar-refractivity contribution in [3.63, 3.8) is 0 Å². The van der Waals surface area contributed by atoms with Crippen molar-refractivity contribution < 1.29 is 14.6 Å². The Bertz CT molecular complexity index is 371. The van der Waals surface area contributed by atoms with Crippen LogP contribution < -0.4 is 0 Å². The Kier molecular flexibility index (Phi) is 4.35. The number of hydrogen-bond acceptors (Lipinski definition) is 3. The molecule has 0 aliphatic heterocycles. The number of benzene rings is 1. The van der Waals surface area contributed by atoms with Gasteiger partial charge in [-0.05, 0) is 36.1 Å². The Morgan fingerprint density at radius 3 is 2.69 bits per heavy atom. The standard InChI is InChI=1S/C13H18O3/c1-4-10-8-12(14)6-5-11(10)7-9(2)13(15)16-3/h5-6,8-9,14H,4,7H2,1-3H3/t9-/m0/s1. The number of phenolic OH excluding ortho intramolecular Hbond substituents is 1. The van der Waals surface area contributed by atoms with Crippen molar-refractivity contribution in [3.05, 3.63) is 29.3 Å². The minimum Gasteiger partial charge on any atom is -0.508 e. The van der Waals surface area contributed by atoms with E-state index in [2.05, 4.69) is 0 Å². The zero-order valence-corrected chi connectivity index (χ0v) is 9.99. The summed E-state index contributed by atoms with van der Waals surface area (Å²) in [6.07, 6.45) is 1.49. The lowest BCUT2D eigenvalue weighted by molar-refractivity contribution is -0.144. The van der Waals surface area contributed by atoms with Gasteiger partial charge in [-0.2, -0.15) is 0 Å². The van der Waals surface area contributed by atoms with Crippen LogP contribution in [0.2, 0.25) is 0 Å². The number of methoxy groups -OCH3 is 1. The van der Waals surface area contributed by atoms with Crippen molar-refractivity contribution >= 4 is 5.97 Å². The fourth-order valence-corrected chi connectivity index (χ4v) is 1.75. The first kappa shape index (κ1) is 12.6. The van der Waals surface area contributed by atoms with Crippen LogP contribution in [0.5, 0.6) is 5.75 Å². The van der Waals surface area contributed by atoms with E-state index in [0.29, 0.717) is 6.42 Å². The average Bonchev–Trinajstić information content (AvgIpc) is 2.30. The first-order valence-electron chi connectivity index (χ1n) is 5.47. The molecule has 3 heteroatoms. The number of carbonyl (C=O) groups excluding carboxylic acids is 1. The molecule has 0 radical (unpaired) electrons. The molecule has 1 aromatic carbocycles. The Hall–Kier alpha value is -1.51. The molecule has 1 atom stereocenters. The summed E-state index contributed by atoms with van der Waals surface area (Å²) < 4.78 is 4.69. The summed E-state index contributed by atoms with van der Waals surface area (Å²) in [6.45, 7) is 3.87. The van der Waals surface area contributed by atoms with E-state index in [1.807, 2.05) is 19.9 Å². The quantitative estimate of drug-likeness (QED) is 0.795. The predicted molar refractivity (Wildman–Crippen MR) is 62.4 cm³/mol. The highest BCUT2D eigenvalue weighted by Crippen LogP contribution is 2.20. The van der Waals surface area contributed by atoms with E-state index in [0.717, 1.165) is 17.5 Å². The third-order valence-corrected chi connectivity index (χ3v) is 2.70. The fraction of sp³-hybridized carbons (Fsp3) is 0.462. The van der Waals surface area contributed by atoms with Crippen molar-refractivity contribution in [2.45, 2.75) is 26.7 Å². The van der Waals surface area contributed by atoms with Crippen LogP contribution in [0.4, 0.5) is 0 Å². The van der Waals surface area contributed by atoms with Crippen molar-refractivity contribution in [1.29, 1.82) is 0 Å². The zero-order valence-electron chi connectivity index (χ0n) is 9.99. The normalized spacial score (nSPS) is 12.2. The molecule has 0 saturated heterocycles. The summed E-state index contributed by atoms with van der Waals surface area (Å²) in [7, 11) is 1.40. The minimum absolute atomic E-state index is 0.153. The van der Waals surface area contributed by atoms with Crippen LogP contribution >= 0.6 is 0 Å². The van der Waals surface area contributed by atoms with Gasteiger partial charge in [-0.25, -0.2) is 0 Å². The molecule has 0 saturated carbocycles. The molecule has 0 aliphatic rings. The van der Waals surface area contributed by atoms with Crippen LogP contribution in [0.1, 0.15) is 25.0 Å². The molecule has 0 amide bonds. The van der Waals surface area contributed by atoms with E-state index in [4.69, 9.17) is 4.74 Å². The van der Waals surface area contributed by atoms with Gasteiger partial charge in [-0.3, -0.25) is 4.79 Å². The second-order valence-electron chi connectivity index (χ2n) is 3.93. The van der Waals surface area contributed by atoms with Crippen molar-refractivity contribution in [3.8, 4) is 5.75 Å². The smallest absolute Gasteiger partial charge is 0.308 e. The molecular formula is C13H18O3. The minimum atomic E-state index is -0.199. The van der Waals surface area contributed by atoms with Crippen molar-refractivity contribution in [1.82, 2.24) is 0 Å². The van der Waals surface area contributed by atoms with E-state index in [1.54, 1.807) is 12.1 Å². The van der Waals surface area contributed by atoms with Gasteiger partial charge < -0.3 is 9.84 Å². The van der Waals surface area contributed by atoms with Gasteiger partial charge in [0.1, 0.15) is 5.75 Å². The maximum atomic E-state index is 11.3. The number of aromatic hydroxyl groups is 1. The molecule has 0 aromatic heterocycles. The highest BCUT2D eigenvalue weighted by Gasteiger charge is 2.15. The topological polar surface area (TPSA) is 46.5 Å². The molecule has 0 spiro atoms. The average molecular weight is 222 g/mol. The molecule has 0 bridgehead atoms. The molecule has 0 unspecified atom stereocenters. The monoisotopic (exact) mass is 222 g/mol. The van der Waals surface area contributed by atoms with Gasteiger partial charge in [0.2, 0.25) is 0 Å². The summed E-state index contributed by atoms with van der Waals surface area (Å²) in [5, 5.41) is 9.37. The van der Waals surface area contributed by atoms with Crippen LogP contribution in [0.3, 0.4) is 0 Å². The van der Waals surface area contributed by atoms with E-state index < -0.39 is 0 Å². The lowest BCUT2D eigenvalue weighted by Crippen LogP contribution is -2.15. The predicted octanol–water partition coefficient (Wildman–Crippen LogP) is 2.31. The van der Waals surface area contributed by atoms with Crippen LogP contribution in [0, 0.1) is 5.92 Å². The van der Waals surface area contributed by atoms with Gasteiger partial charge in [0.15, 0.2) is 0 Å². The van der Waals surface area contributed by atoms with Gasteiger partial charge >= 0.3 is 5.97 Å². The summed E-state index contributed by atoms with van der Waals surface area (Å²) in [5.74, 6) is -0.0821. The molecule has 0 aliphatic carbocycles. The molecule has 0 heterocycles. The van der Waals surface area contributed by atoms with E-state index in [9.17, 15) is 9.90 Å². The van der Waals surface area contributed by atoms with Crippen molar-refractivity contribution in [2.75, 3.05) is 7.11 Å². The maximum absolute atomic E-state index is 11.3. The molecule has 0 fully saturated rings. The van der Waals surface area contributed by atoms with Gasteiger partial charge in [0.05, 0.1) is 13.0 Å². The van der Waals surface area contributed by atoms with E-state index >= 15 is 0 Å². The van der Waals surface area contributed by atoms with E-state index in [-0.39, 0.29) is 17.6 Å². The second-order valence-corrected chi connectivity index (χ2v) is 3.93. The SMILES string of the molecule is CCc1cc(O)ccc1C[C@H](C)C(=O)OC. The van der Waals surface area contributed by atoms with Gasteiger partial charge in [-0.1, -0.05) is 19.9 Å². The summed E-state index contributed by atoms with van der Waals surface area (Å²) in [5.41, 5.74) is 2.17. The molecule has 1 N–H and O–H groups in total. The molecular weight excluding hydrogens is 204 g/mol. The van der Waals surface area contributed by atoms with Gasteiger partial charge in [0, 0.05) is 0 Å². The molecule has 3 nitrogen and oxygen atoms in total. The Morgan fingerprint density at radius 2 is 2.12 bits per heavy atom. The largest absolute Gasteiger partial charge is 0.508 e. The highest BCUT2D eigenvalue weighted by atomic mass is 16.5. The molecule has 1 aromatic rings. The first-order valence-corrected chi connectivity index (χ1v) is 5.47.